The minimum absolute atomic E-state index is 0.0366. The lowest BCUT2D eigenvalue weighted by atomic mass is 10.0. The van der Waals surface area contributed by atoms with Crippen molar-refractivity contribution in [1.82, 2.24) is 19.9 Å². The van der Waals surface area contributed by atoms with Gasteiger partial charge < -0.3 is 20.4 Å². The molecular weight excluding hydrogens is 459 g/mol. The summed E-state index contributed by atoms with van der Waals surface area (Å²) >= 11 is 0. The number of alkyl halides is 3. The molecule has 1 aromatic carbocycles. The second-order valence-electron chi connectivity index (χ2n) is 8.79. The monoisotopic (exact) mass is 483 g/mol. The number of piperazine rings is 1. The Bertz CT molecular complexity index is 1290. The zero-order chi connectivity index (χ0) is 24.7. The van der Waals surface area contributed by atoms with Gasteiger partial charge in [-0.15, -0.1) is 0 Å². The van der Waals surface area contributed by atoms with Gasteiger partial charge in [0.1, 0.15) is 0 Å². The Labute approximate surface area is 200 Å². The van der Waals surface area contributed by atoms with Crippen molar-refractivity contribution in [2.75, 3.05) is 48.8 Å². The molecule has 4 heterocycles. The van der Waals surface area contributed by atoms with E-state index >= 15 is 0 Å². The summed E-state index contributed by atoms with van der Waals surface area (Å²) < 4.78 is 39.7. The summed E-state index contributed by atoms with van der Waals surface area (Å²) in [6, 6.07) is 5.26. The molecule has 35 heavy (non-hydrogen) atoms. The molecule has 2 aliphatic heterocycles. The van der Waals surface area contributed by atoms with E-state index in [0.29, 0.717) is 16.8 Å². The Balaban J connectivity index is 1.48. The van der Waals surface area contributed by atoms with Gasteiger partial charge in [0.2, 0.25) is 11.9 Å². The van der Waals surface area contributed by atoms with Crippen molar-refractivity contribution in [3.8, 4) is 11.3 Å². The number of rotatable bonds is 3. The normalized spacial score (nSPS) is 16.3. The molecule has 3 aromatic rings. The molecule has 1 amide bonds. The van der Waals surface area contributed by atoms with Crippen LogP contribution >= 0.6 is 0 Å². The van der Waals surface area contributed by atoms with Gasteiger partial charge >= 0.3 is 6.18 Å². The molecule has 8 nitrogen and oxygen atoms in total. The molecule has 2 aliphatic rings. The van der Waals surface area contributed by atoms with E-state index in [4.69, 9.17) is 0 Å². The lowest BCUT2D eigenvalue weighted by Gasteiger charge is -2.34. The molecule has 0 saturated carbocycles. The highest BCUT2D eigenvalue weighted by atomic mass is 19.4. The Hall–Kier alpha value is -3.73. The van der Waals surface area contributed by atoms with Gasteiger partial charge in [0.25, 0.3) is 0 Å². The highest BCUT2D eigenvalue weighted by Crippen LogP contribution is 2.38. The Kier molecular flexibility index (Phi) is 5.79. The van der Waals surface area contributed by atoms with Crippen LogP contribution in [-0.4, -0.2) is 59.0 Å². The van der Waals surface area contributed by atoms with E-state index in [9.17, 15) is 18.0 Å². The Morgan fingerprint density at radius 2 is 1.83 bits per heavy atom. The number of nitrogens with one attached hydrogen (secondary N) is 2. The lowest BCUT2D eigenvalue weighted by molar-refractivity contribution is -0.137. The third-order valence-corrected chi connectivity index (χ3v) is 6.28. The highest BCUT2D eigenvalue weighted by molar-refractivity contribution is 6.00. The standard InChI is InChI=1S/C24H24F3N7O/c1-14-19(11-17(13-28-14)34-7-5-33(2)6-8-34)31-23-29-12-15-9-21(35)30-20-10-16(24(25,26)27)3-4-18(20)22(15)32-23/h3-4,10-13H,5-9H2,1-2H3,(H,30,35)(H,29,31,32). The van der Waals surface area contributed by atoms with E-state index in [2.05, 4.69) is 42.4 Å². The second-order valence-corrected chi connectivity index (χ2v) is 8.79. The van der Waals surface area contributed by atoms with Crippen LogP contribution in [0.15, 0.2) is 36.7 Å². The maximum absolute atomic E-state index is 13.2. The van der Waals surface area contributed by atoms with E-state index < -0.39 is 17.6 Å². The van der Waals surface area contributed by atoms with Crippen molar-refractivity contribution in [1.29, 1.82) is 0 Å². The molecule has 1 fully saturated rings. The lowest BCUT2D eigenvalue weighted by Crippen LogP contribution is -2.44. The maximum atomic E-state index is 13.2. The van der Waals surface area contributed by atoms with Gasteiger partial charge in [0.05, 0.1) is 46.6 Å². The van der Waals surface area contributed by atoms with Crippen molar-refractivity contribution in [2.45, 2.75) is 19.5 Å². The molecule has 0 radical (unpaired) electrons. The molecule has 2 N–H and O–H groups in total. The number of hydrogen-bond acceptors (Lipinski definition) is 7. The van der Waals surface area contributed by atoms with Crippen LogP contribution in [-0.2, 0) is 17.4 Å². The summed E-state index contributed by atoms with van der Waals surface area (Å²) in [4.78, 5) is 30.3. The number of likely N-dealkylation sites (N-methyl/N-ethyl adjacent to an activating group) is 1. The average Bonchev–Trinajstić information content (AvgIpc) is 2.95. The highest BCUT2D eigenvalue weighted by Gasteiger charge is 2.32. The number of aryl methyl sites for hydroxylation is 1. The first-order chi connectivity index (χ1) is 16.7. The first-order valence-corrected chi connectivity index (χ1v) is 11.2. The van der Waals surface area contributed by atoms with Crippen molar-refractivity contribution >= 4 is 28.9 Å². The topological polar surface area (TPSA) is 86.3 Å². The molecular formula is C24H24F3N7O. The number of pyridine rings is 1. The molecule has 0 bridgehead atoms. The van der Waals surface area contributed by atoms with Crippen molar-refractivity contribution in [2.24, 2.45) is 0 Å². The van der Waals surface area contributed by atoms with Gasteiger partial charge in [-0.3, -0.25) is 9.78 Å². The van der Waals surface area contributed by atoms with E-state index in [1.807, 2.05) is 19.2 Å². The number of halogens is 3. The van der Waals surface area contributed by atoms with Gasteiger partial charge in [-0.2, -0.15) is 13.2 Å². The summed E-state index contributed by atoms with van der Waals surface area (Å²) in [7, 11) is 2.10. The van der Waals surface area contributed by atoms with Crippen LogP contribution in [0.25, 0.3) is 11.3 Å². The smallest absolute Gasteiger partial charge is 0.368 e. The number of carbonyl (C=O) groups is 1. The average molecular weight is 483 g/mol. The van der Waals surface area contributed by atoms with E-state index in [1.54, 1.807) is 0 Å². The fourth-order valence-corrected chi connectivity index (χ4v) is 4.23. The number of benzene rings is 1. The van der Waals surface area contributed by atoms with Gasteiger partial charge in [-0.25, -0.2) is 9.97 Å². The van der Waals surface area contributed by atoms with E-state index in [1.165, 1.54) is 12.3 Å². The van der Waals surface area contributed by atoms with Crippen molar-refractivity contribution in [3.63, 3.8) is 0 Å². The number of nitrogens with zero attached hydrogens (tertiary/aromatic N) is 5. The van der Waals surface area contributed by atoms with Gasteiger partial charge in [0, 0.05) is 43.5 Å². The third-order valence-electron chi connectivity index (χ3n) is 6.28. The van der Waals surface area contributed by atoms with Crippen molar-refractivity contribution in [3.05, 3.63) is 53.5 Å². The minimum Gasteiger partial charge on any atom is -0.368 e. The first-order valence-electron chi connectivity index (χ1n) is 11.2. The second kappa shape index (κ2) is 8.81. The Morgan fingerprint density at radius 3 is 2.57 bits per heavy atom. The molecule has 0 atom stereocenters. The van der Waals surface area contributed by atoms with Crippen LogP contribution in [0.2, 0.25) is 0 Å². The largest absolute Gasteiger partial charge is 0.416 e. The maximum Gasteiger partial charge on any atom is 0.416 e. The molecule has 0 aliphatic carbocycles. The van der Waals surface area contributed by atoms with Gasteiger partial charge in [-0.1, -0.05) is 6.07 Å². The zero-order valence-corrected chi connectivity index (χ0v) is 19.3. The number of fused-ring (bicyclic) bond motifs is 3. The van der Waals surface area contributed by atoms with E-state index in [0.717, 1.165) is 55.4 Å². The fourth-order valence-electron chi connectivity index (χ4n) is 4.23. The summed E-state index contributed by atoms with van der Waals surface area (Å²) in [6.07, 6.45) is -1.18. The van der Waals surface area contributed by atoms with Crippen molar-refractivity contribution < 1.29 is 18.0 Å². The Morgan fingerprint density at radius 1 is 1.06 bits per heavy atom. The predicted molar refractivity (Wildman–Crippen MR) is 127 cm³/mol. The molecule has 11 heteroatoms. The SMILES string of the molecule is Cc1ncc(N2CCN(C)CC2)cc1Nc1ncc2c(n1)-c1ccc(C(F)(F)F)cc1NC(=O)C2. The molecule has 0 spiro atoms. The molecule has 2 aromatic heterocycles. The molecule has 1 saturated heterocycles. The molecule has 5 rings (SSSR count). The van der Waals surface area contributed by atoms with Crippen LogP contribution in [0.3, 0.4) is 0 Å². The van der Waals surface area contributed by atoms with Gasteiger partial charge in [0.15, 0.2) is 0 Å². The summed E-state index contributed by atoms with van der Waals surface area (Å²) in [6.45, 7) is 5.59. The minimum atomic E-state index is -4.52. The zero-order valence-electron chi connectivity index (χ0n) is 19.3. The van der Waals surface area contributed by atoms with Crippen LogP contribution in [0.5, 0.6) is 0 Å². The fraction of sp³-hybridized carbons (Fsp3) is 0.333. The summed E-state index contributed by atoms with van der Waals surface area (Å²) in [5, 5.41) is 5.76. The third kappa shape index (κ3) is 4.76. The van der Waals surface area contributed by atoms with Crippen LogP contribution in [0, 0.1) is 6.92 Å². The molecule has 0 unspecified atom stereocenters. The number of amides is 1. The summed E-state index contributed by atoms with van der Waals surface area (Å²) in [5.41, 5.74) is 3.06. The number of anilines is 4. The number of carbonyl (C=O) groups excluding carboxylic acids is 1. The van der Waals surface area contributed by atoms with E-state index in [-0.39, 0.29) is 18.1 Å². The molecule has 182 valence electrons. The quantitative estimate of drug-likeness (QED) is 0.585. The van der Waals surface area contributed by atoms with Crippen LogP contribution in [0.1, 0.15) is 16.8 Å². The van der Waals surface area contributed by atoms with Crippen LogP contribution < -0.4 is 15.5 Å². The van der Waals surface area contributed by atoms with Crippen LogP contribution in [0.4, 0.5) is 36.2 Å². The van der Waals surface area contributed by atoms with Gasteiger partial charge in [-0.05, 0) is 32.2 Å². The first kappa shape index (κ1) is 23.0. The number of hydrogen-bond donors (Lipinski definition) is 2. The summed E-state index contributed by atoms with van der Waals surface area (Å²) in [5.74, 6) is -0.155. The predicted octanol–water partition coefficient (Wildman–Crippen LogP) is 3.86. The number of aromatic nitrogens is 3.